The SMILES string of the molecule is Cn1ccnc1CCNc1ccc(C(N)=O)cn1. The first-order valence-electron chi connectivity index (χ1n) is 5.63. The van der Waals surface area contributed by atoms with Crippen molar-refractivity contribution in [1.29, 1.82) is 0 Å². The van der Waals surface area contributed by atoms with Gasteiger partial charge < -0.3 is 15.6 Å². The largest absolute Gasteiger partial charge is 0.370 e. The van der Waals surface area contributed by atoms with Gasteiger partial charge in [0.1, 0.15) is 11.6 Å². The van der Waals surface area contributed by atoms with Crippen LogP contribution < -0.4 is 11.1 Å². The summed E-state index contributed by atoms with van der Waals surface area (Å²) in [5.74, 6) is 1.26. The van der Waals surface area contributed by atoms with Crippen molar-refractivity contribution in [3.05, 3.63) is 42.1 Å². The molecular weight excluding hydrogens is 230 g/mol. The molecule has 6 heteroatoms. The van der Waals surface area contributed by atoms with Crippen LogP contribution in [0.3, 0.4) is 0 Å². The molecule has 2 aromatic heterocycles. The highest BCUT2D eigenvalue weighted by Crippen LogP contribution is 2.05. The maximum atomic E-state index is 10.9. The highest BCUT2D eigenvalue weighted by molar-refractivity contribution is 5.92. The van der Waals surface area contributed by atoms with E-state index < -0.39 is 5.91 Å². The summed E-state index contributed by atoms with van der Waals surface area (Å²) in [6, 6.07) is 3.39. The molecule has 2 heterocycles. The molecule has 0 radical (unpaired) electrons. The van der Waals surface area contributed by atoms with E-state index in [-0.39, 0.29) is 0 Å². The van der Waals surface area contributed by atoms with E-state index in [4.69, 9.17) is 5.73 Å². The summed E-state index contributed by atoms with van der Waals surface area (Å²) in [5.41, 5.74) is 5.54. The summed E-state index contributed by atoms with van der Waals surface area (Å²) in [6.45, 7) is 0.730. The van der Waals surface area contributed by atoms with E-state index in [9.17, 15) is 4.79 Å². The van der Waals surface area contributed by atoms with Crippen molar-refractivity contribution in [1.82, 2.24) is 14.5 Å². The fourth-order valence-corrected chi connectivity index (χ4v) is 1.58. The van der Waals surface area contributed by atoms with Crippen molar-refractivity contribution < 1.29 is 4.79 Å². The number of nitrogens with zero attached hydrogens (tertiary/aromatic N) is 3. The number of primary amides is 1. The van der Waals surface area contributed by atoms with E-state index in [0.717, 1.165) is 18.8 Å². The van der Waals surface area contributed by atoms with Crippen molar-refractivity contribution in [2.24, 2.45) is 12.8 Å². The van der Waals surface area contributed by atoms with Gasteiger partial charge in [-0.15, -0.1) is 0 Å². The second kappa shape index (κ2) is 5.31. The Morgan fingerprint density at radius 2 is 2.28 bits per heavy atom. The molecule has 0 bridgehead atoms. The van der Waals surface area contributed by atoms with Gasteiger partial charge >= 0.3 is 0 Å². The molecule has 0 aliphatic rings. The van der Waals surface area contributed by atoms with Crippen molar-refractivity contribution in [3.63, 3.8) is 0 Å². The lowest BCUT2D eigenvalue weighted by atomic mass is 10.3. The number of aryl methyl sites for hydroxylation is 1. The first-order valence-corrected chi connectivity index (χ1v) is 5.63. The number of imidazole rings is 1. The maximum absolute atomic E-state index is 10.9. The molecule has 0 aliphatic carbocycles. The van der Waals surface area contributed by atoms with Crippen molar-refractivity contribution >= 4 is 11.7 Å². The molecule has 0 fully saturated rings. The van der Waals surface area contributed by atoms with Crippen LogP contribution in [0.4, 0.5) is 5.82 Å². The Bertz CT molecular complexity index is 532. The molecule has 0 aliphatic heterocycles. The quantitative estimate of drug-likeness (QED) is 0.806. The smallest absolute Gasteiger partial charge is 0.250 e. The van der Waals surface area contributed by atoms with Gasteiger partial charge in [-0.3, -0.25) is 4.79 Å². The van der Waals surface area contributed by atoms with Crippen LogP contribution in [0.25, 0.3) is 0 Å². The second-order valence-electron chi connectivity index (χ2n) is 3.93. The lowest BCUT2D eigenvalue weighted by Crippen LogP contribution is -2.12. The maximum Gasteiger partial charge on any atom is 0.250 e. The molecule has 0 aromatic carbocycles. The summed E-state index contributed by atoms with van der Waals surface area (Å²) < 4.78 is 1.98. The Labute approximate surface area is 105 Å². The van der Waals surface area contributed by atoms with E-state index in [1.807, 2.05) is 17.8 Å². The van der Waals surface area contributed by atoms with Gasteiger partial charge in [-0.1, -0.05) is 0 Å². The molecule has 2 rings (SSSR count). The number of carbonyl (C=O) groups is 1. The van der Waals surface area contributed by atoms with Crippen LogP contribution in [0.1, 0.15) is 16.2 Å². The van der Waals surface area contributed by atoms with E-state index in [1.165, 1.54) is 6.20 Å². The number of anilines is 1. The van der Waals surface area contributed by atoms with Gasteiger partial charge in [0.05, 0.1) is 5.56 Å². The normalized spacial score (nSPS) is 10.3. The number of nitrogens with two attached hydrogens (primary N) is 1. The average molecular weight is 245 g/mol. The van der Waals surface area contributed by atoms with Crippen LogP contribution in [-0.4, -0.2) is 27.0 Å². The molecule has 1 amide bonds. The molecule has 18 heavy (non-hydrogen) atoms. The minimum Gasteiger partial charge on any atom is -0.370 e. The van der Waals surface area contributed by atoms with Crippen LogP contribution in [-0.2, 0) is 13.5 Å². The van der Waals surface area contributed by atoms with Gasteiger partial charge in [0.2, 0.25) is 5.91 Å². The summed E-state index contributed by atoms with van der Waals surface area (Å²) in [5, 5.41) is 3.16. The molecule has 0 saturated carbocycles. The van der Waals surface area contributed by atoms with Gasteiger partial charge in [0.25, 0.3) is 0 Å². The number of rotatable bonds is 5. The Morgan fingerprint density at radius 3 is 2.83 bits per heavy atom. The van der Waals surface area contributed by atoms with Crippen LogP contribution in [0, 0.1) is 0 Å². The van der Waals surface area contributed by atoms with Gasteiger partial charge in [-0.2, -0.15) is 0 Å². The van der Waals surface area contributed by atoms with Gasteiger partial charge in [0, 0.05) is 38.6 Å². The monoisotopic (exact) mass is 245 g/mol. The highest BCUT2D eigenvalue weighted by atomic mass is 16.1. The predicted octanol–water partition coefficient (Wildman–Crippen LogP) is 0.569. The second-order valence-corrected chi connectivity index (χ2v) is 3.93. The van der Waals surface area contributed by atoms with E-state index in [1.54, 1.807) is 18.3 Å². The number of aromatic nitrogens is 3. The zero-order valence-corrected chi connectivity index (χ0v) is 10.1. The Kier molecular flexibility index (Phi) is 3.57. The molecule has 3 N–H and O–H groups in total. The molecule has 94 valence electrons. The third-order valence-corrected chi connectivity index (χ3v) is 2.62. The lowest BCUT2D eigenvalue weighted by Gasteiger charge is -2.05. The van der Waals surface area contributed by atoms with E-state index in [2.05, 4.69) is 15.3 Å². The number of hydrogen-bond donors (Lipinski definition) is 2. The first-order chi connectivity index (χ1) is 8.66. The Hall–Kier alpha value is -2.37. The van der Waals surface area contributed by atoms with Gasteiger partial charge in [-0.05, 0) is 12.1 Å². The zero-order valence-electron chi connectivity index (χ0n) is 10.1. The molecule has 6 nitrogen and oxygen atoms in total. The summed E-state index contributed by atoms with van der Waals surface area (Å²) in [4.78, 5) is 19.2. The van der Waals surface area contributed by atoms with Crippen LogP contribution in [0.2, 0.25) is 0 Å². The number of nitrogens with one attached hydrogen (secondary N) is 1. The molecule has 0 atom stereocenters. The third kappa shape index (κ3) is 2.85. The van der Waals surface area contributed by atoms with Crippen molar-refractivity contribution in [3.8, 4) is 0 Å². The predicted molar refractivity (Wildman–Crippen MR) is 68.2 cm³/mol. The minimum absolute atomic E-state index is 0.407. The summed E-state index contributed by atoms with van der Waals surface area (Å²) >= 11 is 0. The Morgan fingerprint density at radius 1 is 1.44 bits per heavy atom. The van der Waals surface area contributed by atoms with Crippen molar-refractivity contribution in [2.75, 3.05) is 11.9 Å². The fourth-order valence-electron chi connectivity index (χ4n) is 1.58. The van der Waals surface area contributed by atoms with Crippen LogP contribution >= 0.6 is 0 Å². The zero-order chi connectivity index (χ0) is 13.0. The van der Waals surface area contributed by atoms with Crippen LogP contribution in [0.5, 0.6) is 0 Å². The summed E-state index contributed by atoms with van der Waals surface area (Å²) in [6.07, 6.45) is 5.96. The third-order valence-electron chi connectivity index (χ3n) is 2.62. The standard InChI is InChI=1S/C12H15N5O/c1-17-7-6-15-11(17)4-5-14-10-3-2-9(8-16-10)12(13)18/h2-3,6-8H,4-5H2,1H3,(H2,13,18)(H,14,16). The number of pyridine rings is 1. The summed E-state index contributed by atoms with van der Waals surface area (Å²) in [7, 11) is 1.96. The first kappa shape index (κ1) is 12.1. The average Bonchev–Trinajstić information content (AvgIpc) is 2.76. The van der Waals surface area contributed by atoms with Gasteiger partial charge in [0.15, 0.2) is 0 Å². The van der Waals surface area contributed by atoms with Crippen LogP contribution in [0.15, 0.2) is 30.7 Å². The van der Waals surface area contributed by atoms with Gasteiger partial charge in [-0.25, -0.2) is 9.97 Å². The molecule has 0 spiro atoms. The lowest BCUT2D eigenvalue weighted by molar-refractivity contribution is 0.1000. The molecule has 0 saturated heterocycles. The topological polar surface area (TPSA) is 85.8 Å². The number of amides is 1. The number of carbonyl (C=O) groups excluding carboxylic acids is 1. The van der Waals surface area contributed by atoms with Crippen molar-refractivity contribution in [2.45, 2.75) is 6.42 Å². The van der Waals surface area contributed by atoms with E-state index >= 15 is 0 Å². The minimum atomic E-state index is -0.470. The number of hydrogen-bond acceptors (Lipinski definition) is 4. The highest BCUT2D eigenvalue weighted by Gasteiger charge is 2.02. The molecule has 2 aromatic rings. The molecular formula is C12H15N5O. The molecule has 0 unspecified atom stereocenters. The van der Waals surface area contributed by atoms with E-state index in [0.29, 0.717) is 11.4 Å². The Balaban J connectivity index is 1.87. The fraction of sp³-hybridized carbons (Fsp3) is 0.250.